The van der Waals surface area contributed by atoms with E-state index in [-0.39, 0.29) is 0 Å². The number of nitrogens with one attached hydrogen (secondary N) is 1. The van der Waals surface area contributed by atoms with Crippen molar-refractivity contribution in [2.45, 2.75) is 19.3 Å². The maximum absolute atomic E-state index is 12.9. The third-order valence-corrected chi connectivity index (χ3v) is 6.03. The molecule has 2 aromatic heterocycles. The van der Waals surface area contributed by atoms with E-state index in [9.17, 15) is 13.2 Å². The number of nitrogens with zero attached hydrogens (tertiary/aromatic N) is 4. The number of halogens is 3. The molecule has 0 saturated carbocycles. The first-order valence-electron chi connectivity index (χ1n) is 11.9. The summed E-state index contributed by atoms with van der Waals surface area (Å²) in [5.41, 5.74) is 3.29. The molecule has 0 amide bonds. The number of hydrogen-bond acceptors (Lipinski definition) is 5. The molecule has 5 aromatic rings. The normalized spacial score (nSPS) is 11.8. The largest absolute Gasteiger partial charge is 0.497 e. The van der Waals surface area contributed by atoms with Gasteiger partial charge < -0.3 is 14.6 Å². The Balaban J connectivity index is 1.48. The number of methoxy groups -OCH3 is 1. The summed E-state index contributed by atoms with van der Waals surface area (Å²) in [4.78, 5) is 13.7. The number of benzene rings is 3. The van der Waals surface area contributed by atoms with E-state index in [1.807, 2.05) is 59.2 Å². The number of anilines is 1. The van der Waals surface area contributed by atoms with Crippen molar-refractivity contribution in [3.8, 4) is 5.75 Å². The number of aromatic nitrogens is 4. The molecule has 38 heavy (non-hydrogen) atoms. The summed E-state index contributed by atoms with van der Waals surface area (Å²) in [6, 6.07) is 22.6. The molecule has 0 bridgehead atoms. The minimum atomic E-state index is -4.38. The molecule has 9 heteroatoms. The average Bonchev–Trinajstić information content (AvgIpc) is 3.29. The Morgan fingerprint density at radius 3 is 2.29 bits per heavy atom. The third kappa shape index (κ3) is 5.67. The summed E-state index contributed by atoms with van der Waals surface area (Å²) in [5, 5.41) is 3.34. The first kappa shape index (κ1) is 25.0. The van der Waals surface area contributed by atoms with Gasteiger partial charge in [-0.05, 0) is 47.0 Å². The molecule has 6 nitrogen and oxygen atoms in total. The van der Waals surface area contributed by atoms with Crippen molar-refractivity contribution in [2.24, 2.45) is 0 Å². The molecule has 2 heterocycles. The highest BCUT2D eigenvalue weighted by atomic mass is 19.4. The van der Waals surface area contributed by atoms with Crippen molar-refractivity contribution in [1.82, 2.24) is 19.5 Å². The van der Waals surface area contributed by atoms with Gasteiger partial charge in [-0.1, -0.05) is 60.7 Å². The molecule has 0 radical (unpaired) electrons. The SMILES string of the molecule is COc1ccc(CNc2ncnc3c2nc(/C=C/c2ccc(C(F)(F)F)cc2)n3Cc2ccccc2)cc1. The van der Waals surface area contributed by atoms with Gasteiger partial charge in [-0.3, -0.25) is 0 Å². The van der Waals surface area contributed by atoms with Crippen molar-refractivity contribution < 1.29 is 17.9 Å². The number of alkyl halides is 3. The van der Waals surface area contributed by atoms with Crippen LogP contribution < -0.4 is 10.1 Å². The van der Waals surface area contributed by atoms with Crippen LogP contribution in [0.1, 0.15) is 28.1 Å². The molecule has 0 saturated heterocycles. The van der Waals surface area contributed by atoms with Crippen LogP contribution in [0.3, 0.4) is 0 Å². The topological polar surface area (TPSA) is 64.9 Å². The van der Waals surface area contributed by atoms with Crippen LogP contribution in [0.2, 0.25) is 0 Å². The van der Waals surface area contributed by atoms with Crippen LogP contribution >= 0.6 is 0 Å². The van der Waals surface area contributed by atoms with Crippen molar-refractivity contribution in [3.05, 3.63) is 113 Å². The fraction of sp³-hybridized carbons (Fsp3) is 0.138. The van der Waals surface area contributed by atoms with E-state index in [0.717, 1.165) is 29.0 Å². The van der Waals surface area contributed by atoms with Gasteiger partial charge in [0.2, 0.25) is 0 Å². The van der Waals surface area contributed by atoms with Gasteiger partial charge in [0, 0.05) is 6.54 Å². The smallest absolute Gasteiger partial charge is 0.416 e. The molecule has 0 aliphatic heterocycles. The first-order chi connectivity index (χ1) is 18.4. The Labute approximate surface area is 217 Å². The van der Waals surface area contributed by atoms with Crippen LogP contribution in [-0.2, 0) is 19.3 Å². The van der Waals surface area contributed by atoms with E-state index in [1.54, 1.807) is 19.3 Å². The van der Waals surface area contributed by atoms with Crippen LogP contribution in [0.5, 0.6) is 5.75 Å². The summed E-state index contributed by atoms with van der Waals surface area (Å²) in [7, 11) is 1.63. The van der Waals surface area contributed by atoms with Gasteiger partial charge in [-0.15, -0.1) is 0 Å². The predicted molar refractivity (Wildman–Crippen MR) is 142 cm³/mol. The second-order valence-corrected chi connectivity index (χ2v) is 8.59. The van der Waals surface area contributed by atoms with Crippen LogP contribution in [0.15, 0.2) is 85.2 Å². The molecule has 0 fully saturated rings. The summed E-state index contributed by atoms with van der Waals surface area (Å²) in [6.07, 6.45) is 0.631. The van der Waals surface area contributed by atoms with Gasteiger partial charge in [0.15, 0.2) is 17.0 Å². The van der Waals surface area contributed by atoms with E-state index >= 15 is 0 Å². The van der Waals surface area contributed by atoms with E-state index < -0.39 is 11.7 Å². The second kappa shape index (κ2) is 10.8. The zero-order valence-electron chi connectivity index (χ0n) is 20.5. The Bertz CT molecular complexity index is 1540. The van der Waals surface area contributed by atoms with Crippen molar-refractivity contribution in [1.29, 1.82) is 0 Å². The van der Waals surface area contributed by atoms with E-state index in [4.69, 9.17) is 9.72 Å². The lowest BCUT2D eigenvalue weighted by Crippen LogP contribution is -2.05. The Morgan fingerprint density at radius 1 is 0.868 bits per heavy atom. The molecule has 3 aromatic carbocycles. The Hall–Kier alpha value is -4.66. The van der Waals surface area contributed by atoms with Gasteiger partial charge in [0.1, 0.15) is 17.9 Å². The van der Waals surface area contributed by atoms with E-state index in [1.165, 1.54) is 18.5 Å². The van der Waals surface area contributed by atoms with Gasteiger partial charge in [0.05, 0.1) is 19.2 Å². The van der Waals surface area contributed by atoms with Gasteiger partial charge in [0.25, 0.3) is 0 Å². The fourth-order valence-electron chi connectivity index (χ4n) is 4.01. The zero-order chi connectivity index (χ0) is 26.5. The number of hydrogen-bond donors (Lipinski definition) is 1. The van der Waals surface area contributed by atoms with Crippen LogP contribution in [0.4, 0.5) is 19.0 Å². The monoisotopic (exact) mass is 515 g/mol. The molecule has 0 spiro atoms. The molecular formula is C29H24F3N5O. The third-order valence-electron chi connectivity index (χ3n) is 6.03. The highest BCUT2D eigenvalue weighted by molar-refractivity contribution is 5.85. The minimum absolute atomic E-state index is 0.513. The Morgan fingerprint density at radius 2 is 1.61 bits per heavy atom. The molecule has 0 aliphatic carbocycles. The fourth-order valence-corrected chi connectivity index (χ4v) is 4.01. The quantitative estimate of drug-likeness (QED) is 0.250. The minimum Gasteiger partial charge on any atom is -0.497 e. The van der Waals surface area contributed by atoms with Crippen LogP contribution in [0.25, 0.3) is 23.3 Å². The van der Waals surface area contributed by atoms with Crippen LogP contribution in [0, 0.1) is 0 Å². The zero-order valence-corrected chi connectivity index (χ0v) is 20.5. The maximum atomic E-state index is 12.9. The molecular weight excluding hydrogens is 491 g/mol. The highest BCUT2D eigenvalue weighted by Crippen LogP contribution is 2.29. The number of ether oxygens (including phenoxy) is 1. The lowest BCUT2D eigenvalue weighted by atomic mass is 10.1. The number of fused-ring (bicyclic) bond motifs is 1. The van der Waals surface area contributed by atoms with Gasteiger partial charge in [-0.25, -0.2) is 15.0 Å². The molecule has 0 aliphatic rings. The second-order valence-electron chi connectivity index (χ2n) is 8.59. The van der Waals surface area contributed by atoms with Gasteiger partial charge >= 0.3 is 6.18 Å². The summed E-state index contributed by atoms with van der Waals surface area (Å²) in [5.74, 6) is 1.97. The lowest BCUT2D eigenvalue weighted by molar-refractivity contribution is -0.137. The molecule has 1 N–H and O–H groups in total. The number of rotatable bonds is 8. The Kier molecular flexibility index (Phi) is 7.08. The summed E-state index contributed by atoms with van der Waals surface area (Å²) in [6.45, 7) is 1.04. The van der Waals surface area contributed by atoms with E-state index in [2.05, 4.69) is 15.3 Å². The standard InChI is InChI=1S/C29H24F3N5O/c1-38-24-14-9-21(10-15-24)17-33-27-26-28(35-19-34-27)37(18-22-5-3-2-4-6-22)25(36-26)16-11-20-7-12-23(13-8-20)29(30,31)32/h2-16,19H,17-18H2,1H3,(H,33,34,35)/b16-11+. The maximum Gasteiger partial charge on any atom is 0.416 e. The number of imidazole rings is 1. The first-order valence-corrected chi connectivity index (χ1v) is 11.9. The van der Waals surface area contributed by atoms with Crippen molar-refractivity contribution >= 4 is 29.1 Å². The average molecular weight is 516 g/mol. The van der Waals surface area contributed by atoms with E-state index in [0.29, 0.717) is 41.5 Å². The van der Waals surface area contributed by atoms with Crippen LogP contribution in [-0.4, -0.2) is 26.6 Å². The van der Waals surface area contributed by atoms with Crippen molar-refractivity contribution in [2.75, 3.05) is 12.4 Å². The predicted octanol–water partition coefficient (Wildman–Crippen LogP) is 6.68. The lowest BCUT2D eigenvalue weighted by Gasteiger charge is -2.08. The molecule has 5 rings (SSSR count). The van der Waals surface area contributed by atoms with Gasteiger partial charge in [-0.2, -0.15) is 13.2 Å². The summed E-state index contributed by atoms with van der Waals surface area (Å²) < 4.78 is 46.0. The molecule has 0 unspecified atom stereocenters. The molecule has 192 valence electrons. The van der Waals surface area contributed by atoms with Crippen molar-refractivity contribution in [3.63, 3.8) is 0 Å². The highest BCUT2D eigenvalue weighted by Gasteiger charge is 2.29. The molecule has 0 atom stereocenters. The summed E-state index contributed by atoms with van der Waals surface area (Å²) >= 11 is 0.